The Kier molecular flexibility index (Phi) is 4.81. The first kappa shape index (κ1) is 18.4. The van der Waals surface area contributed by atoms with Gasteiger partial charge in [-0.3, -0.25) is 14.4 Å². The number of aryl methyl sites for hydroxylation is 1. The molecular weight excluding hydrogens is 344 g/mol. The van der Waals surface area contributed by atoms with Crippen LogP contribution in [-0.4, -0.2) is 27.4 Å². The highest BCUT2D eigenvalue weighted by molar-refractivity contribution is 6.04. The molecule has 1 atom stereocenters. The van der Waals surface area contributed by atoms with Gasteiger partial charge in [0, 0.05) is 12.4 Å². The number of pyridine rings is 1. The summed E-state index contributed by atoms with van der Waals surface area (Å²) in [7, 11) is 1.54. The lowest BCUT2D eigenvalue weighted by Crippen LogP contribution is -2.40. The molecule has 0 aliphatic carbocycles. The smallest absolute Gasteiger partial charge is 0.267 e. The van der Waals surface area contributed by atoms with Crippen LogP contribution in [0.4, 0.5) is 0 Å². The molecule has 0 aliphatic heterocycles. The topological polar surface area (TPSA) is 88.4 Å². The first-order valence-corrected chi connectivity index (χ1v) is 8.53. The Labute approximate surface area is 156 Å². The summed E-state index contributed by atoms with van der Waals surface area (Å²) in [5, 5.41) is 13.5. The number of aromatic hydroxyl groups is 1. The van der Waals surface area contributed by atoms with Crippen LogP contribution in [0.2, 0.25) is 0 Å². The molecule has 3 aromatic rings. The minimum Gasteiger partial charge on any atom is -0.506 e. The van der Waals surface area contributed by atoms with Gasteiger partial charge < -0.3 is 15.0 Å². The number of benzene rings is 2. The average Bonchev–Trinajstić information content (AvgIpc) is 2.66. The molecule has 2 N–H and O–H groups in total. The molecule has 0 fully saturated rings. The van der Waals surface area contributed by atoms with E-state index in [1.54, 1.807) is 12.1 Å². The molecule has 138 valence electrons. The van der Waals surface area contributed by atoms with Crippen molar-refractivity contribution in [3.8, 4) is 16.9 Å². The molecule has 27 heavy (non-hydrogen) atoms. The van der Waals surface area contributed by atoms with Crippen LogP contribution >= 0.6 is 0 Å². The van der Waals surface area contributed by atoms with Crippen LogP contribution in [0, 0.1) is 0 Å². The van der Waals surface area contributed by atoms with Gasteiger partial charge >= 0.3 is 0 Å². The number of fused-ring (bicyclic) bond motifs is 1. The van der Waals surface area contributed by atoms with Crippen molar-refractivity contribution in [1.29, 1.82) is 0 Å². The van der Waals surface area contributed by atoms with Crippen LogP contribution in [0.15, 0.2) is 53.3 Å². The molecule has 3 rings (SSSR count). The summed E-state index contributed by atoms with van der Waals surface area (Å²) in [5.74, 6) is -1.41. The Morgan fingerprint density at radius 3 is 2.37 bits per heavy atom. The van der Waals surface area contributed by atoms with E-state index in [1.807, 2.05) is 36.4 Å². The molecule has 0 aliphatic rings. The van der Waals surface area contributed by atoms with E-state index < -0.39 is 17.5 Å². The minimum atomic E-state index is -0.775. The van der Waals surface area contributed by atoms with Crippen molar-refractivity contribution in [2.75, 3.05) is 0 Å². The molecule has 0 bridgehead atoms. The van der Waals surface area contributed by atoms with Crippen molar-refractivity contribution in [3.05, 3.63) is 64.4 Å². The van der Waals surface area contributed by atoms with E-state index in [9.17, 15) is 19.5 Å². The van der Waals surface area contributed by atoms with Crippen LogP contribution in [0.5, 0.6) is 5.75 Å². The fourth-order valence-electron chi connectivity index (χ4n) is 2.92. The molecule has 1 heterocycles. The van der Waals surface area contributed by atoms with Crippen molar-refractivity contribution in [2.24, 2.45) is 7.05 Å². The van der Waals surface area contributed by atoms with Crippen molar-refractivity contribution in [1.82, 2.24) is 9.88 Å². The van der Waals surface area contributed by atoms with Gasteiger partial charge in [0.2, 0.25) is 0 Å². The number of ketones is 1. The van der Waals surface area contributed by atoms with E-state index in [0.29, 0.717) is 10.9 Å². The molecule has 0 saturated carbocycles. The second-order valence-electron chi connectivity index (χ2n) is 6.49. The summed E-state index contributed by atoms with van der Waals surface area (Å²) in [5.41, 5.74) is 1.31. The fourth-order valence-corrected chi connectivity index (χ4v) is 2.92. The van der Waals surface area contributed by atoms with Gasteiger partial charge in [0.25, 0.3) is 11.5 Å². The predicted molar refractivity (Wildman–Crippen MR) is 104 cm³/mol. The third-order valence-corrected chi connectivity index (χ3v) is 4.66. The standard InChI is InChI=1S/C21H20N2O4/c1-12(13(2)24)22-20(26)18-19(25)16-11-15(14-7-5-4-6-8-14)9-10-17(16)23(3)21(18)27/h4-12,25H,1-3H3,(H,22,26)/t12-/m0/s1. The molecule has 0 unspecified atom stereocenters. The largest absolute Gasteiger partial charge is 0.506 e. The first-order valence-electron chi connectivity index (χ1n) is 8.53. The Morgan fingerprint density at radius 2 is 1.74 bits per heavy atom. The number of hydrogen-bond acceptors (Lipinski definition) is 4. The van der Waals surface area contributed by atoms with E-state index >= 15 is 0 Å². The second kappa shape index (κ2) is 7.07. The summed E-state index contributed by atoms with van der Waals surface area (Å²) in [6.07, 6.45) is 0. The van der Waals surface area contributed by atoms with Crippen molar-refractivity contribution in [3.63, 3.8) is 0 Å². The van der Waals surface area contributed by atoms with Gasteiger partial charge in [0.05, 0.1) is 11.6 Å². The third-order valence-electron chi connectivity index (χ3n) is 4.66. The zero-order valence-corrected chi connectivity index (χ0v) is 15.3. The zero-order chi connectivity index (χ0) is 19.7. The fraction of sp³-hybridized carbons (Fsp3) is 0.190. The number of nitrogens with one attached hydrogen (secondary N) is 1. The van der Waals surface area contributed by atoms with E-state index in [0.717, 1.165) is 11.1 Å². The van der Waals surface area contributed by atoms with Gasteiger partial charge in [-0.25, -0.2) is 0 Å². The van der Waals surface area contributed by atoms with Crippen LogP contribution in [0.3, 0.4) is 0 Å². The van der Waals surface area contributed by atoms with Gasteiger partial charge in [-0.2, -0.15) is 0 Å². The van der Waals surface area contributed by atoms with Crippen molar-refractivity contribution in [2.45, 2.75) is 19.9 Å². The van der Waals surface area contributed by atoms with Crippen molar-refractivity contribution >= 4 is 22.6 Å². The summed E-state index contributed by atoms with van der Waals surface area (Å²) < 4.78 is 1.32. The van der Waals surface area contributed by atoms with E-state index in [1.165, 1.54) is 25.5 Å². The van der Waals surface area contributed by atoms with Gasteiger partial charge in [-0.05, 0) is 37.1 Å². The van der Waals surface area contributed by atoms with E-state index in [-0.39, 0.29) is 17.1 Å². The Hall–Kier alpha value is -3.41. The number of carbonyl (C=O) groups excluding carboxylic acids is 2. The highest BCUT2D eigenvalue weighted by atomic mass is 16.3. The number of carbonyl (C=O) groups is 2. The highest BCUT2D eigenvalue weighted by Gasteiger charge is 2.23. The summed E-state index contributed by atoms with van der Waals surface area (Å²) in [6.45, 7) is 2.87. The lowest BCUT2D eigenvalue weighted by atomic mass is 10.0. The van der Waals surface area contributed by atoms with Crippen LogP contribution < -0.4 is 10.9 Å². The molecule has 6 heteroatoms. The number of Topliss-reactive ketones (excluding diaryl/α,β-unsaturated/α-hetero) is 1. The van der Waals surface area contributed by atoms with Gasteiger partial charge in [-0.1, -0.05) is 36.4 Å². The minimum absolute atomic E-state index is 0.244. The summed E-state index contributed by atoms with van der Waals surface area (Å²) in [4.78, 5) is 36.5. The molecule has 0 radical (unpaired) electrons. The molecule has 0 saturated heterocycles. The van der Waals surface area contributed by atoms with E-state index in [4.69, 9.17) is 0 Å². The zero-order valence-electron chi connectivity index (χ0n) is 15.3. The molecule has 0 spiro atoms. The SMILES string of the molecule is CC(=O)[C@H](C)NC(=O)c1c(O)c2cc(-c3ccccc3)ccc2n(C)c1=O. The number of aromatic nitrogens is 1. The first-order chi connectivity index (χ1) is 12.8. The highest BCUT2D eigenvalue weighted by Crippen LogP contribution is 2.30. The van der Waals surface area contributed by atoms with Crippen LogP contribution in [0.1, 0.15) is 24.2 Å². The van der Waals surface area contributed by atoms with Crippen molar-refractivity contribution < 1.29 is 14.7 Å². The monoisotopic (exact) mass is 364 g/mol. The van der Waals surface area contributed by atoms with Crippen LogP contribution in [0.25, 0.3) is 22.0 Å². The summed E-state index contributed by atoms with van der Waals surface area (Å²) in [6, 6.07) is 14.2. The molecule has 6 nitrogen and oxygen atoms in total. The Bertz CT molecular complexity index is 1100. The molecule has 1 amide bonds. The maximum Gasteiger partial charge on any atom is 0.267 e. The van der Waals surface area contributed by atoms with Gasteiger partial charge in [0.15, 0.2) is 5.78 Å². The van der Waals surface area contributed by atoms with E-state index in [2.05, 4.69) is 5.32 Å². The Morgan fingerprint density at radius 1 is 1.07 bits per heavy atom. The predicted octanol–water partition coefficient (Wildman–Crippen LogP) is 2.62. The quantitative estimate of drug-likeness (QED) is 0.745. The number of nitrogens with zero attached hydrogens (tertiary/aromatic N) is 1. The lowest BCUT2D eigenvalue weighted by molar-refractivity contribution is -0.118. The number of rotatable bonds is 4. The van der Waals surface area contributed by atoms with Gasteiger partial charge in [0.1, 0.15) is 11.3 Å². The molecule has 2 aromatic carbocycles. The van der Waals surface area contributed by atoms with Gasteiger partial charge in [-0.15, -0.1) is 0 Å². The lowest BCUT2D eigenvalue weighted by Gasteiger charge is -2.15. The van der Waals surface area contributed by atoms with Crippen LogP contribution in [-0.2, 0) is 11.8 Å². The molecule has 1 aromatic heterocycles. The Balaban J connectivity index is 2.19. The third kappa shape index (κ3) is 3.33. The number of amides is 1. The maximum absolute atomic E-state index is 12.6. The summed E-state index contributed by atoms with van der Waals surface area (Å²) >= 11 is 0. The maximum atomic E-state index is 12.6. The number of hydrogen-bond donors (Lipinski definition) is 2. The second-order valence-corrected chi connectivity index (χ2v) is 6.49. The normalized spacial score (nSPS) is 12.0. The molecular formula is C21H20N2O4. The average molecular weight is 364 g/mol.